The number of imide groups is 1. The van der Waals surface area contributed by atoms with Crippen molar-refractivity contribution < 1.29 is 120 Å². The maximum Gasteiger partial charge on any atom is 0.324 e. The second-order valence-electron chi connectivity index (χ2n) is 18.6. The average Bonchev–Trinajstić information content (AvgIpc) is 0.929. The van der Waals surface area contributed by atoms with Crippen molar-refractivity contribution in [3.05, 3.63) is 0 Å². The lowest BCUT2D eigenvalue weighted by Crippen LogP contribution is -2.44. The Hall–Kier alpha value is -5.45. The Morgan fingerprint density at radius 2 is 0.487 bits per heavy atom. The molecule has 0 saturated heterocycles. The summed E-state index contributed by atoms with van der Waals surface area (Å²) in [6, 6.07) is -0.369. The van der Waals surface area contributed by atoms with Gasteiger partial charge in [-0.3, -0.25) is 185 Å². The van der Waals surface area contributed by atoms with Crippen LogP contribution in [-0.4, -0.2) is 242 Å². The lowest BCUT2D eigenvalue weighted by Gasteiger charge is -2.16. The second kappa shape index (κ2) is 98.0. The van der Waals surface area contributed by atoms with Crippen molar-refractivity contribution in [1.29, 1.82) is 0 Å². The van der Waals surface area contributed by atoms with Crippen molar-refractivity contribution in [3.8, 4) is 0 Å². The van der Waals surface area contributed by atoms with E-state index in [2.05, 4.69) is 220 Å². The fraction of sp³-hybridized carbons (Fsp3) is 0.490. The van der Waals surface area contributed by atoms with Crippen LogP contribution in [0.25, 0.3) is 0 Å². The third-order valence-electron chi connectivity index (χ3n) is 9.16. The summed E-state index contributed by atoms with van der Waals surface area (Å²) in [5.41, 5.74) is 22.6. The van der Waals surface area contributed by atoms with E-state index in [9.17, 15) is 120 Å². The number of hydrogen-bond donors (Lipinski definition) is 34. The van der Waals surface area contributed by atoms with Crippen LogP contribution < -0.4 is 128 Å². The third-order valence-corrected chi connectivity index (χ3v) is 13.9. The molecule has 50 nitrogen and oxygen atoms in total. The zero-order valence-corrected chi connectivity index (χ0v) is 83.2. The van der Waals surface area contributed by atoms with Crippen LogP contribution in [0.1, 0.15) is 58.3 Å². The van der Waals surface area contributed by atoms with Crippen molar-refractivity contribution in [2.24, 2.45) is 0 Å². The molecule has 0 saturated carbocycles. The van der Waals surface area contributed by atoms with Crippen LogP contribution in [0.4, 0.5) is 28.8 Å². The molecule has 0 spiro atoms. The van der Waals surface area contributed by atoms with E-state index in [1.54, 1.807) is 6.92 Å². The monoisotopic (exact) mass is 2070 g/mol. The van der Waals surface area contributed by atoms with Crippen LogP contribution in [0, 0.1) is 0 Å². The lowest BCUT2D eigenvalue weighted by atomic mass is 10.4. The number of carbonyl (C=O) groups excluding carboxylic acids is 25. The van der Waals surface area contributed by atoms with Gasteiger partial charge in [0.2, 0.25) is 118 Å². The summed E-state index contributed by atoms with van der Waals surface area (Å²) >= 11 is 37.7. The molecule has 70 heteroatoms. The summed E-state index contributed by atoms with van der Waals surface area (Å²) in [7, 11) is 19.5. The molecule has 0 heterocycles. The smallest absolute Gasteiger partial charge is 0.324 e. The average molecular weight is 2070 g/mol. The van der Waals surface area contributed by atoms with Crippen LogP contribution >= 0.6 is 219 Å². The van der Waals surface area contributed by atoms with E-state index in [-0.39, 0.29) is 113 Å². The normalized spacial score (nSPS) is 8.82. The van der Waals surface area contributed by atoms with Crippen LogP contribution in [0.3, 0.4) is 0 Å². The summed E-state index contributed by atoms with van der Waals surface area (Å²) in [5, 5.41) is 27.9. The molecular formula is C49H103N25O25P10S10. The first-order valence-electron chi connectivity index (χ1n) is 31.3. The lowest BCUT2D eigenvalue weighted by molar-refractivity contribution is -0.135. The number of hydrazine groups is 6. The second-order valence-corrected chi connectivity index (χ2v) is 26.3. The van der Waals surface area contributed by atoms with E-state index >= 15 is 0 Å². The first-order valence-corrected chi connectivity index (χ1v) is 43.4. The van der Waals surface area contributed by atoms with Gasteiger partial charge in [0.25, 0.3) is 22.9 Å². The van der Waals surface area contributed by atoms with E-state index in [1.165, 1.54) is 0 Å². The summed E-state index contributed by atoms with van der Waals surface area (Å²) in [5.74, 6) is -6.24. The summed E-state index contributed by atoms with van der Waals surface area (Å²) in [4.78, 5) is 268. The summed E-state index contributed by atoms with van der Waals surface area (Å²) in [6.45, 7) is 3.53. The van der Waals surface area contributed by atoms with Crippen molar-refractivity contribution in [2.45, 2.75) is 58.3 Å². The maximum atomic E-state index is 11.1. The molecule has 10 unspecified atom stereocenters. The molecule has 0 aromatic rings. The van der Waals surface area contributed by atoms with E-state index in [1.807, 2.05) is 127 Å². The molecule has 0 bridgehead atoms. The molecule has 0 aliphatic carbocycles. The predicted octanol–water partition coefficient (Wildman–Crippen LogP) is -7.83. The van der Waals surface area contributed by atoms with Crippen LogP contribution in [0.15, 0.2) is 0 Å². The van der Waals surface area contributed by atoms with Crippen molar-refractivity contribution >= 4 is 366 Å². The topological polar surface area (TPSA) is 719 Å². The van der Waals surface area contributed by atoms with Crippen LogP contribution in [0.5, 0.6) is 0 Å². The van der Waals surface area contributed by atoms with E-state index in [0.717, 1.165) is 4.90 Å². The Kier molecular flexibility index (Phi) is 110. The highest BCUT2D eigenvalue weighted by atomic mass is 32.1. The van der Waals surface area contributed by atoms with Crippen molar-refractivity contribution in [3.63, 3.8) is 0 Å². The molecule has 0 aliphatic heterocycles. The number of nitrogens with zero attached hydrogens (tertiary/aromatic N) is 1. The Bertz CT molecular complexity index is 3140. The predicted molar refractivity (Wildman–Crippen MR) is 507 cm³/mol. The largest absolute Gasteiger partial charge is 0.355 e. The molecule has 684 valence electrons. The highest BCUT2D eigenvalue weighted by Gasteiger charge is 2.17. The van der Waals surface area contributed by atoms with Gasteiger partial charge in [0.15, 0.2) is 0 Å². The standard InChI is InChI=1S/2C7H13N4O4PS.C6H13N2O2PS.3C5H10N3O3PS.C5H11N2O2PS.C3H7N2O2PS.2C3H8NOPS/c2*12-4(8-3-17)1-5(13)9-10-6(14)2-7(15)11-16;1-2-8(6(10)11)5(9)7-3-4-12;9-3(7-8-5(11)12)1-6-4(10)2-13;9-3(6-2-13)1-4(10)7-8-5(11)12;9-3(1-4(10)8-12)6-7-5(11)2-13;8-4(6-1-2-11)3-5(9)7-10;6-2(1-9)4-5-3(7)8;5-3(6)4-1-2-7;5-3(4-6)1-2-7/h2*17H,1-3,16H2,(H,8,12)(H,9,13)(H,10,14)(H,11,15);12H,2-4,11H2,1H3,(H,7,9);13H,1-2,12H2,(H,6,10)(H,7,9)(H,8,11);13H,1-2,12H2,(H,6,9)(H,7,10)(H,8,11);13H,1-2,12H2,(H,6,9)(H,7,11)(H,8,10);11H,1-3,10H2,(H,6,8)(H,7,9);9H,1,8H2,(H,4,6)(H,5,7);2*7H,1-2,6H2,(H,4,5). The highest BCUT2D eigenvalue weighted by Crippen LogP contribution is 1.99. The maximum absolute atomic E-state index is 11.1. The van der Waals surface area contributed by atoms with Gasteiger partial charge in [0.1, 0.15) is 44.9 Å². The molecule has 26 amide bonds. The number of rotatable bonds is 31. The quantitative estimate of drug-likeness (QED) is 0.0101. The Morgan fingerprint density at radius 3 is 0.714 bits per heavy atom. The number of carbonyl (C=O) groups is 25. The SMILES string of the molecule is CCN(C(=O)P)C(=O)NCCS.O=C(CC(=O)NCCS)NP.O=C(CC(=O)NNC(=O)CC(=O)NCS)NP.O=C(CC(=O)NNC(=O)CC(=O)NCS)NP.O=C(CC(=O)NNC(=O)CS)NP.O=C(CCS)NP.O=C(P)NCCS.O=C(P)NNC(=O)CC(=O)NCS.O=C(P)NNC(=O)CNC(=O)CS.O=C(P)NNC(=O)CS. The highest BCUT2D eigenvalue weighted by molar-refractivity contribution is 7.82. The van der Waals surface area contributed by atoms with Gasteiger partial charge >= 0.3 is 6.03 Å². The fourth-order valence-corrected chi connectivity index (χ4v) is 6.93. The minimum absolute atomic E-state index is 0.0139. The molecule has 0 aliphatic rings. The van der Waals surface area contributed by atoms with Gasteiger partial charge in [-0.15, -0.1) is 0 Å². The van der Waals surface area contributed by atoms with E-state index in [4.69, 9.17) is 0 Å². The molecule has 0 fully saturated rings. The number of hydrogen-bond acceptors (Lipinski definition) is 35. The van der Waals surface area contributed by atoms with Crippen LogP contribution in [-0.2, 0) is 91.1 Å². The fourth-order valence-electron chi connectivity index (χ4n) is 4.38. The molecule has 24 N–H and O–H groups in total. The molecule has 119 heavy (non-hydrogen) atoms. The van der Waals surface area contributed by atoms with Gasteiger partial charge < -0.3 is 62.7 Å². The summed E-state index contributed by atoms with van der Waals surface area (Å²) in [6.07, 6.45) is -2.03. The van der Waals surface area contributed by atoms with Gasteiger partial charge in [-0.25, -0.2) is 4.79 Å². The van der Waals surface area contributed by atoms with Crippen molar-refractivity contribution in [1.82, 2.24) is 133 Å². The number of thiol groups is 10. The van der Waals surface area contributed by atoms with Gasteiger partial charge in [-0.05, 0) is 106 Å². The first kappa shape index (κ1) is 134. The number of amides is 26. The van der Waals surface area contributed by atoms with Gasteiger partial charge in [-0.1, -0.05) is 0 Å². The molecule has 0 radical (unpaired) electrons. The molecule has 10 atom stereocenters. The molecule has 0 aromatic heterocycles. The van der Waals surface area contributed by atoms with Gasteiger partial charge in [0.05, 0.1) is 41.4 Å². The third kappa shape index (κ3) is 119. The van der Waals surface area contributed by atoms with Crippen molar-refractivity contribution in [2.75, 3.05) is 90.6 Å². The van der Waals surface area contributed by atoms with E-state index in [0.29, 0.717) is 55.6 Å². The van der Waals surface area contributed by atoms with Gasteiger partial charge in [-0.2, -0.15) is 126 Å². The molecule has 0 rings (SSSR count). The van der Waals surface area contributed by atoms with Gasteiger partial charge in [0, 0.05) is 49.9 Å². The molecular weight excluding hydrogens is 1970 g/mol. The Balaban J connectivity index is -0.000000140. The number of urea groups is 1. The Morgan fingerprint density at radius 1 is 0.244 bits per heavy atom. The van der Waals surface area contributed by atoms with E-state index < -0.39 is 120 Å². The molecule has 0 aromatic carbocycles. The zero-order valence-electron chi connectivity index (χ0n) is 62.7. The Labute approximate surface area is 761 Å². The minimum Gasteiger partial charge on any atom is -0.355 e. The summed E-state index contributed by atoms with van der Waals surface area (Å²) < 4.78 is 0. The number of nitrogens with one attached hydrogen (secondary N) is 24. The first-order chi connectivity index (χ1) is 55.8. The minimum atomic E-state index is -0.691. The zero-order chi connectivity index (χ0) is 94.2. The van der Waals surface area contributed by atoms with Crippen LogP contribution in [0.2, 0.25) is 0 Å².